The van der Waals surface area contributed by atoms with E-state index in [-0.39, 0.29) is 34.2 Å². The Bertz CT molecular complexity index is 1910. The number of Topliss-reactive ketones (excluding diaryl/α,β-unsaturated/α-hetero) is 2. The molecule has 2 aromatic heterocycles. The maximum atomic E-state index is 14.6. The summed E-state index contributed by atoms with van der Waals surface area (Å²) < 4.78 is 11.7. The molecule has 1 aliphatic carbocycles. The fraction of sp³-hybridized carbons (Fsp3) is 0.371. The topological polar surface area (TPSA) is 84.2 Å². The van der Waals surface area contributed by atoms with Gasteiger partial charge in [0.05, 0.1) is 25.4 Å². The van der Waals surface area contributed by atoms with E-state index in [4.69, 9.17) is 9.47 Å². The Kier molecular flexibility index (Phi) is 6.80. The van der Waals surface area contributed by atoms with E-state index in [1.165, 1.54) is 30.9 Å². The lowest BCUT2D eigenvalue weighted by atomic mass is 9.82. The molecule has 0 unspecified atom stereocenters. The summed E-state index contributed by atoms with van der Waals surface area (Å²) in [7, 11) is 2.93. The summed E-state index contributed by atoms with van der Waals surface area (Å²) in [5, 5.41) is 1.89. The van der Waals surface area contributed by atoms with E-state index in [2.05, 4.69) is 65.4 Å². The second kappa shape index (κ2) is 9.79. The van der Waals surface area contributed by atoms with Crippen LogP contribution in [-0.4, -0.2) is 35.8 Å². The summed E-state index contributed by atoms with van der Waals surface area (Å²) in [6.07, 6.45) is 0.653. The number of benzene rings is 2. The van der Waals surface area contributed by atoms with Gasteiger partial charge in [0.25, 0.3) is 0 Å². The third-order valence-corrected chi connectivity index (χ3v) is 9.72. The number of carbonyl (C=O) groups excluding carboxylic acids is 2. The first-order valence-electron chi connectivity index (χ1n) is 14.2. The van der Waals surface area contributed by atoms with E-state index < -0.39 is 0 Å². The molecule has 41 heavy (non-hydrogen) atoms. The second-order valence-electron chi connectivity index (χ2n) is 11.4. The fourth-order valence-corrected chi connectivity index (χ4v) is 6.72. The normalized spacial score (nSPS) is 14.3. The fourth-order valence-electron chi connectivity index (χ4n) is 6.72. The highest BCUT2D eigenvalue weighted by Crippen LogP contribution is 2.45. The zero-order valence-corrected chi connectivity index (χ0v) is 26.3. The van der Waals surface area contributed by atoms with Gasteiger partial charge < -0.3 is 19.4 Å². The first kappa shape index (κ1) is 28.5. The van der Waals surface area contributed by atoms with Crippen LogP contribution in [0.3, 0.4) is 0 Å². The lowest BCUT2D eigenvalue weighted by Gasteiger charge is -2.24. The van der Waals surface area contributed by atoms with Crippen LogP contribution in [0.25, 0.3) is 33.0 Å². The molecule has 0 atom stereocenters. The van der Waals surface area contributed by atoms with Crippen molar-refractivity contribution in [3.05, 3.63) is 78.5 Å². The predicted octanol–water partition coefficient (Wildman–Crippen LogP) is 7.55. The van der Waals surface area contributed by atoms with Crippen LogP contribution in [0.4, 0.5) is 0 Å². The summed E-state index contributed by atoms with van der Waals surface area (Å²) in [5.74, 6) is -0.618. The standard InChI is InChI=1S/C35H40N2O4/c1-13-23-27(25-19(7)15(3)17(5)21(9)31(25)37-23)29-33(39)34(40-11)28(32(38)35(29)41-12)26-22(10)36-30-20(8)16(4)14(2)18(6)24(26)30/h36-37H,13H2,1-12H3. The summed E-state index contributed by atoms with van der Waals surface area (Å²) >= 11 is 0. The third kappa shape index (κ3) is 3.69. The van der Waals surface area contributed by atoms with E-state index in [1.807, 2.05) is 13.8 Å². The first-order valence-corrected chi connectivity index (χ1v) is 14.2. The SMILES string of the molecule is CCc1[nH]c2c(C)c(C)c(C)c(C)c2c1C1=C(OC)C(=O)C(c2c(C)[nH]c3c(C)c(C)c(C)c(C)c23)=C(OC)C1=O. The van der Waals surface area contributed by atoms with Gasteiger partial charge in [-0.05, 0) is 113 Å². The van der Waals surface area contributed by atoms with E-state index in [0.29, 0.717) is 12.0 Å². The number of aromatic nitrogens is 2. The van der Waals surface area contributed by atoms with Gasteiger partial charge in [-0.25, -0.2) is 0 Å². The van der Waals surface area contributed by atoms with Crippen molar-refractivity contribution in [2.75, 3.05) is 14.2 Å². The van der Waals surface area contributed by atoms with Crippen LogP contribution in [-0.2, 0) is 25.5 Å². The number of hydrogen-bond acceptors (Lipinski definition) is 4. The molecule has 0 saturated carbocycles. The lowest BCUT2D eigenvalue weighted by Crippen LogP contribution is -2.25. The predicted molar refractivity (Wildman–Crippen MR) is 166 cm³/mol. The molecule has 0 radical (unpaired) electrons. The molecule has 214 valence electrons. The van der Waals surface area contributed by atoms with Gasteiger partial charge in [0.15, 0.2) is 11.5 Å². The number of allylic oxidation sites excluding steroid dienone is 2. The number of rotatable bonds is 5. The lowest BCUT2D eigenvalue weighted by molar-refractivity contribution is -0.117. The number of ketones is 2. The molecule has 6 heteroatoms. The minimum Gasteiger partial charge on any atom is -0.492 e. The average Bonchev–Trinajstić information content (AvgIpc) is 3.51. The summed E-state index contributed by atoms with van der Waals surface area (Å²) in [5.41, 5.74) is 14.7. The molecule has 1 aliphatic rings. The maximum Gasteiger partial charge on any atom is 0.232 e. The Morgan fingerprint density at radius 1 is 0.537 bits per heavy atom. The zero-order valence-electron chi connectivity index (χ0n) is 26.3. The number of ether oxygens (including phenoxy) is 2. The van der Waals surface area contributed by atoms with Crippen molar-refractivity contribution < 1.29 is 19.1 Å². The molecule has 0 fully saturated rings. The number of aromatic amines is 2. The van der Waals surface area contributed by atoms with E-state index in [9.17, 15) is 9.59 Å². The van der Waals surface area contributed by atoms with Crippen LogP contribution in [0.2, 0.25) is 0 Å². The van der Waals surface area contributed by atoms with Crippen molar-refractivity contribution in [1.29, 1.82) is 0 Å². The summed E-state index contributed by atoms with van der Waals surface area (Å²) in [6.45, 7) is 20.7. The smallest absolute Gasteiger partial charge is 0.232 e. The molecule has 2 N–H and O–H groups in total. The van der Waals surface area contributed by atoms with E-state index >= 15 is 0 Å². The Labute approximate surface area is 241 Å². The molecule has 0 spiro atoms. The molecule has 4 aromatic rings. The Morgan fingerprint density at radius 2 is 0.927 bits per heavy atom. The molecular formula is C35H40N2O4. The molecule has 0 amide bonds. The highest BCUT2D eigenvalue weighted by atomic mass is 16.5. The van der Waals surface area contributed by atoms with E-state index in [1.54, 1.807) is 0 Å². The maximum absolute atomic E-state index is 14.6. The Morgan fingerprint density at radius 3 is 1.37 bits per heavy atom. The Hall–Kier alpha value is -4.06. The van der Waals surface area contributed by atoms with Gasteiger partial charge in [0.2, 0.25) is 11.6 Å². The number of fused-ring (bicyclic) bond motifs is 2. The zero-order chi connectivity index (χ0) is 30.2. The molecule has 0 aliphatic heterocycles. The van der Waals surface area contributed by atoms with Crippen molar-refractivity contribution in [2.24, 2.45) is 0 Å². The van der Waals surface area contributed by atoms with Crippen molar-refractivity contribution in [2.45, 2.75) is 75.7 Å². The molecule has 0 bridgehead atoms. The quantitative estimate of drug-likeness (QED) is 0.250. The third-order valence-electron chi connectivity index (χ3n) is 9.72. The summed E-state index contributed by atoms with van der Waals surface area (Å²) in [4.78, 5) is 36.2. The molecular weight excluding hydrogens is 512 g/mol. The minimum atomic E-state index is -0.354. The monoisotopic (exact) mass is 552 g/mol. The van der Waals surface area contributed by atoms with Gasteiger partial charge >= 0.3 is 0 Å². The van der Waals surface area contributed by atoms with Gasteiger partial charge in [-0.2, -0.15) is 0 Å². The van der Waals surface area contributed by atoms with Crippen molar-refractivity contribution in [3.63, 3.8) is 0 Å². The highest BCUT2D eigenvalue weighted by Gasteiger charge is 2.42. The highest BCUT2D eigenvalue weighted by molar-refractivity contribution is 6.48. The first-order chi connectivity index (χ1) is 19.3. The van der Waals surface area contributed by atoms with Crippen molar-refractivity contribution >= 4 is 44.5 Å². The second-order valence-corrected chi connectivity index (χ2v) is 11.4. The molecule has 0 saturated heterocycles. The van der Waals surface area contributed by atoms with Crippen LogP contribution in [0.15, 0.2) is 11.5 Å². The number of H-pyrrole nitrogens is 2. The number of aryl methyl sites for hydroxylation is 6. The van der Waals surface area contributed by atoms with Gasteiger partial charge in [0, 0.05) is 44.3 Å². The molecule has 6 nitrogen and oxygen atoms in total. The van der Waals surface area contributed by atoms with Crippen molar-refractivity contribution in [3.8, 4) is 0 Å². The van der Waals surface area contributed by atoms with Crippen LogP contribution >= 0.6 is 0 Å². The van der Waals surface area contributed by atoms with E-state index in [0.717, 1.165) is 66.6 Å². The van der Waals surface area contributed by atoms with Crippen LogP contribution in [0.1, 0.15) is 73.9 Å². The number of hydrogen-bond donors (Lipinski definition) is 2. The minimum absolute atomic E-state index is 0.0414. The van der Waals surface area contributed by atoms with Gasteiger partial charge in [-0.15, -0.1) is 0 Å². The van der Waals surface area contributed by atoms with Gasteiger partial charge in [0.1, 0.15) is 0 Å². The Balaban J connectivity index is 1.89. The van der Waals surface area contributed by atoms with Gasteiger partial charge in [-0.1, -0.05) is 6.92 Å². The van der Waals surface area contributed by atoms with Crippen LogP contribution < -0.4 is 0 Å². The molecule has 5 rings (SSSR count). The molecule has 2 heterocycles. The summed E-state index contributed by atoms with van der Waals surface area (Å²) in [6, 6.07) is 0. The number of carbonyl (C=O) groups is 2. The average molecular weight is 553 g/mol. The molecule has 2 aromatic carbocycles. The largest absolute Gasteiger partial charge is 0.492 e. The van der Waals surface area contributed by atoms with Gasteiger partial charge in [-0.3, -0.25) is 9.59 Å². The van der Waals surface area contributed by atoms with Crippen LogP contribution in [0, 0.1) is 62.3 Å². The number of methoxy groups -OCH3 is 2. The van der Waals surface area contributed by atoms with Crippen LogP contribution in [0.5, 0.6) is 0 Å². The number of nitrogens with one attached hydrogen (secondary N) is 2. The van der Waals surface area contributed by atoms with Crippen molar-refractivity contribution in [1.82, 2.24) is 9.97 Å².